The fourth-order valence-corrected chi connectivity index (χ4v) is 1.91. The number of nitrogens with zero attached hydrogens (tertiary/aromatic N) is 1. The standard InChI is InChI=1S/C12H28N2/c1-6-8-9-10-14(5)11(3)12(7-2)13-4/h11-13H,6-10H2,1-5H3. The molecule has 0 amide bonds. The van der Waals surface area contributed by atoms with Gasteiger partial charge in [0, 0.05) is 12.1 Å². The Kier molecular flexibility index (Phi) is 8.20. The predicted octanol–water partition coefficient (Wildman–Crippen LogP) is 2.49. The van der Waals surface area contributed by atoms with Gasteiger partial charge in [0.1, 0.15) is 0 Å². The summed E-state index contributed by atoms with van der Waals surface area (Å²) in [5, 5.41) is 3.38. The number of nitrogens with one attached hydrogen (secondary N) is 1. The molecule has 86 valence electrons. The van der Waals surface area contributed by atoms with Gasteiger partial charge in [0.15, 0.2) is 0 Å². The molecular formula is C12H28N2. The van der Waals surface area contributed by atoms with E-state index in [0.717, 1.165) is 0 Å². The van der Waals surface area contributed by atoms with Crippen LogP contribution in [0, 0.1) is 0 Å². The summed E-state index contributed by atoms with van der Waals surface area (Å²) < 4.78 is 0. The number of hydrogen-bond acceptors (Lipinski definition) is 2. The van der Waals surface area contributed by atoms with Crippen LogP contribution >= 0.6 is 0 Å². The number of unbranched alkanes of at least 4 members (excludes halogenated alkanes) is 2. The minimum Gasteiger partial charge on any atom is -0.315 e. The fourth-order valence-electron chi connectivity index (χ4n) is 1.91. The monoisotopic (exact) mass is 200 g/mol. The highest BCUT2D eigenvalue weighted by atomic mass is 15.1. The van der Waals surface area contributed by atoms with Gasteiger partial charge in [-0.05, 0) is 40.4 Å². The summed E-state index contributed by atoms with van der Waals surface area (Å²) in [6.07, 6.45) is 5.20. The van der Waals surface area contributed by atoms with Crippen molar-refractivity contribution in [3.05, 3.63) is 0 Å². The molecule has 0 saturated carbocycles. The molecule has 0 rings (SSSR count). The molecule has 0 aromatic rings. The third-order valence-electron chi connectivity index (χ3n) is 3.20. The SMILES string of the molecule is CCCCCN(C)C(C)C(CC)NC. The molecule has 0 fully saturated rings. The van der Waals surface area contributed by atoms with Gasteiger partial charge >= 0.3 is 0 Å². The van der Waals surface area contributed by atoms with Crippen molar-refractivity contribution >= 4 is 0 Å². The van der Waals surface area contributed by atoms with Crippen molar-refractivity contribution in [2.75, 3.05) is 20.6 Å². The van der Waals surface area contributed by atoms with Crippen molar-refractivity contribution in [3.8, 4) is 0 Å². The van der Waals surface area contributed by atoms with E-state index < -0.39 is 0 Å². The molecule has 2 heteroatoms. The Balaban J connectivity index is 3.78. The molecule has 2 unspecified atom stereocenters. The van der Waals surface area contributed by atoms with E-state index in [2.05, 4.69) is 45.1 Å². The van der Waals surface area contributed by atoms with Crippen molar-refractivity contribution in [2.24, 2.45) is 0 Å². The van der Waals surface area contributed by atoms with E-state index in [9.17, 15) is 0 Å². The summed E-state index contributed by atoms with van der Waals surface area (Å²) in [5.41, 5.74) is 0. The van der Waals surface area contributed by atoms with Crippen molar-refractivity contribution in [2.45, 2.75) is 58.5 Å². The summed E-state index contributed by atoms with van der Waals surface area (Å²) in [6.45, 7) is 8.05. The summed E-state index contributed by atoms with van der Waals surface area (Å²) in [4.78, 5) is 2.47. The molecule has 0 saturated heterocycles. The van der Waals surface area contributed by atoms with Gasteiger partial charge in [-0.2, -0.15) is 0 Å². The molecule has 0 aliphatic rings. The molecule has 0 aromatic heterocycles. The van der Waals surface area contributed by atoms with Gasteiger partial charge in [0.2, 0.25) is 0 Å². The van der Waals surface area contributed by atoms with Crippen LogP contribution in [0.1, 0.15) is 46.5 Å². The first-order valence-electron chi connectivity index (χ1n) is 6.04. The summed E-state index contributed by atoms with van der Waals surface area (Å²) in [7, 11) is 4.30. The van der Waals surface area contributed by atoms with Gasteiger partial charge in [-0.15, -0.1) is 0 Å². The molecule has 0 heterocycles. The Hall–Kier alpha value is -0.0800. The van der Waals surface area contributed by atoms with Gasteiger partial charge in [0.05, 0.1) is 0 Å². The molecule has 0 aromatic carbocycles. The van der Waals surface area contributed by atoms with E-state index in [0.29, 0.717) is 12.1 Å². The number of likely N-dealkylation sites (N-methyl/N-ethyl adjacent to an activating group) is 2. The van der Waals surface area contributed by atoms with Crippen LogP contribution in [0.5, 0.6) is 0 Å². The average molecular weight is 200 g/mol. The maximum atomic E-state index is 3.38. The summed E-state index contributed by atoms with van der Waals surface area (Å²) >= 11 is 0. The van der Waals surface area contributed by atoms with Crippen LogP contribution < -0.4 is 5.32 Å². The topological polar surface area (TPSA) is 15.3 Å². The van der Waals surface area contributed by atoms with Crippen molar-refractivity contribution < 1.29 is 0 Å². The zero-order valence-electron chi connectivity index (χ0n) is 10.6. The highest BCUT2D eigenvalue weighted by Gasteiger charge is 2.16. The van der Waals surface area contributed by atoms with Crippen LogP contribution in [-0.2, 0) is 0 Å². The van der Waals surface area contributed by atoms with Crippen LogP contribution in [0.15, 0.2) is 0 Å². The third kappa shape index (κ3) is 4.97. The normalized spacial score (nSPS) is 15.9. The van der Waals surface area contributed by atoms with Gasteiger partial charge < -0.3 is 10.2 Å². The lowest BCUT2D eigenvalue weighted by Crippen LogP contribution is -2.45. The Bertz CT molecular complexity index is 121. The quantitative estimate of drug-likeness (QED) is 0.606. The molecule has 0 spiro atoms. The summed E-state index contributed by atoms with van der Waals surface area (Å²) in [5.74, 6) is 0. The minimum atomic E-state index is 0.627. The lowest BCUT2D eigenvalue weighted by molar-refractivity contribution is 0.204. The minimum absolute atomic E-state index is 0.627. The highest BCUT2D eigenvalue weighted by molar-refractivity contribution is 4.77. The van der Waals surface area contributed by atoms with Gasteiger partial charge in [0.25, 0.3) is 0 Å². The molecule has 0 aliphatic carbocycles. The van der Waals surface area contributed by atoms with E-state index in [-0.39, 0.29) is 0 Å². The Morgan fingerprint density at radius 2 is 1.86 bits per heavy atom. The highest BCUT2D eigenvalue weighted by Crippen LogP contribution is 2.07. The number of hydrogen-bond donors (Lipinski definition) is 1. The largest absolute Gasteiger partial charge is 0.315 e. The maximum absolute atomic E-state index is 3.38. The second-order valence-electron chi connectivity index (χ2n) is 4.23. The van der Waals surface area contributed by atoms with Crippen LogP contribution in [-0.4, -0.2) is 37.6 Å². The molecule has 0 radical (unpaired) electrons. The zero-order valence-corrected chi connectivity index (χ0v) is 10.6. The Morgan fingerprint density at radius 1 is 1.21 bits per heavy atom. The molecule has 14 heavy (non-hydrogen) atoms. The van der Waals surface area contributed by atoms with Crippen molar-refractivity contribution in [1.82, 2.24) is 10.2 Å². The van der Waals surface area contributed by atoms with E-state index in [1.54, 1.807) is 0 Å². The zero-order chi connectivity index (χ0) is 11.0. The fraction of sp³-hybridized carbons (Fsp3) is 1.00. The van der Waals surface area contributed by atoms with Crippen LogP contribution in [0.2, 0.25) is 0 Å². The average Bonchev–Trinajstić information content (AvgIpc) is 2.19. The maximum Gasteiger partial charge on any atom is 0.0217 e. The first-order chi connectivity index (χ1) is 6.67. The van der Waals surface area contributed by atoms with E-state index in [1.807, 2.05) is 0 Å². The van der Waals surface area contributed by atoms with E-state index in [1.165, 1.54) is 32.2 Å². The smallest absolute Gasteiger partial charge is 0.0217 e. The van der Waals surface area contributed by atoms with Gasteiger partial charge in [-0.3, -0.25) is 0 Å². The van der Waals surface area contributed by atoms with Crippen LogP contribution in [0.25, 0.3) is 0 Å². The Morgan fingerprint density at radius 3 is 2.29 bits per heavy atom. The Labute approximate surface area is 90.1 Å². The van der Waals surface area contributed by atoms with E-state index in [4.69, 9.17) is 0 Å². The molecule has 1 N–H and O–H groups in total. The van der Waals surface area contributed by atoms with Crippen LogP contribution in [0.3, 0.4) is 0 Å². The van der Waals surface area contributed by atoms with Gasteiger partial charge in [-0.1, -0.05) is 26.7 Å². The lowest BCUT2D eigenvalue weighted by atomic mass is 10.1. The first kappa shape index (κ1) is 13.9. The van der Waals surface area contributed by atoms with Crippen LogP contribution in [0.4, 0.5) is 0 Å². The van der Waals surface area contributed by atoms with E-state index >= 15 is 0 Å². The molecular weight excluding hydrogens is 172 g/mol. The lowest BCUT2D eigenvalue weighted by Gasteiger charge is -2.31. The molecule has 2 nitrogen and oxygen atoms in total. The summed E-state index contributed by atoms with van der Waals surface area (Å²) in [6, 6.07) is 1.27. The second kappa shape index (κ2) is 8.25. The second-order valence-corrected chi connectivity index (χ2v) is 4.23. The molecule has 2 atom stereocenters. The van der Waals surface area contributed by atoms with Gasteiger partial charge in [-0.25, -0.2) is 0 Å². The molecule has 0 bridgehead atoms. The first-order valence-corrected chi connectivity index (χ1v) is 6.04. The predicted molar refractivity (Wildman–Crippen MR) is 64.8 cm³/mol. The number of rotatable bonds is 8. The third-order valence-corrected chi connectivity index (χ3v) is 3.20. The molecule has 0 aliphatic heterocycles. The van der Waals surface area contributed by atoms with Crippen molar-refractivity contribution in [1.29, 1.82) is 0 Å². The van der Waals surface area contributed by atoms with Crippen molar-refractivity contribution in [3.63, 3.8) is 0 Å².